The maximum atomic E-state index is 12.1. The number of carbonyl (C=O) groups is 1. The van der Waals surface area contributed by atoms with Crippen LogP contribution in [0.2, 0.25) is 0 Å². The molecule has 0 aliphatic rings. The molecule has 1 N–H and O–H groups in total. The molecule has 0 saturated heterocycles. The number of halogens is 1. The van der Waals surface area contributed by atoms with Gasteiger partial charge in [0.2, 0.25) is 0 Å². The number of carbonyl (C=O) groups excluding carboxylic acids is 1. The summed E-state index contributed by atoms with van der Waals surface area (Å²) < 4.78 is 2.36. The maximum Gasteiger partial charge on any atom is 0.275 e. The SMILES string of the molecule is CC(C)c1sc(Br)nc1C(=O)Nc1cnn(C)c1. The highest BCUT2D eigenvalue weighted by Gasteiger charge is 2.19. The first-order valence-corrected chi connectivity index (χ1v) is 7.04. The standard InChI is InChI=1S/C11H13BrN4OS/c1-6(2)9-8(15-11(12)18-9)10(17)14-7-4-13-16(3)5-7/h4-6H,1-3H3,(H,14,17). The molecule has 0 atom stereocenters. The molecule has 0 spiro atoms. The highest BCUT2D eigenvalue weighted by molar-refractivity contribution is 9.11. The smallest absolute Gasteiger partial charge is 0.275 e. The largest absolute Gasteiger partial charge is 0.318 e. The van der Waals surface area contributed by atoms with Gasteiger partial charge in [-0.3, -0.25) is 9.48 Å². The van der Waals surface area contributed by atoms with Gasteiger partial charge in [0, 0.05) is 18.1 Å². The molecule has 0 aliphatic heterocycles. The molecule has 2 aromatic heterocycles. The number of nitrogens with zero attached hydrogens (tertiary/aromatic N) is 3. The van der Waals surface area contributed by atoms with Gasteiger partial charge < -0.3 is 5.32 Å². The Morgan fingerprint density at radius 2 is 2.28 bits per heavy atom. The van der Waals surface area contributed by atoms with E-state index in [1.165, 1.54) is 11.3 Å². The van der Waals surface area contributed by atoms with Crippen molar-refractivity contribution in [3.63, 3.8) is 0 Å². The number of amides is 1. The Kier molecular flexibility index (Phi) is 3.82. The van der Waals surface area contributed by atoms with E-state index in [-0.39, 0.29) is 11.8 Å². The van der Waals surface area contributed by atoms with Crippen molar-refractivity contribution >= 4 is 38.9 Å². The van der Waals surface area contributed by atoms with Gasteiger partial charge in [-0.2, -0.15) is 5.10 Å². The molecule has 0 aliphatic carbocycles. The number of nitrogens with one attached hydrogen (secondary N) is 1. The molecule has 18 heavy (non-hydrogen) atoms. The average molecular weight is 329 g/mol. The average Bonchev–Trinajstić information content (AvgIpc) is 2.85. The van der Waals surface area contributed by atoms with Crippen LogP contribution < -0.4 is 5.32 Å². The van der Waals surface area contributed by atoms with Crippen LogP contribution in [0.1, 0.15) is 35.1 Å². The predicted octanol–water partition coefficient (Wildman–Crippen LogP) is 3.01. The van der Waals surface area contributed by atoms with Crippen LogP contribution in [0.3, 0.4) is 0 Å². The van der Waals surface area contributed by atoms with Crippen LogP contribution in [0, 0.1) is 0 Å². The molecule has 1 amide bonds. The lowest BCUT2D eigenvalue weighted by Crippen LogP contribution is -2.14. The number of hydrogen-bond donors (Lipinski definition) is 1. The molecule has 2 heterocycles. The van der Waals surface area contributed by atoms with Crippen LogP contribution in [0.5, 0.6) is 0 Å². The van der Waals surface area contributed by atoms with E-state index in [9.17, 15) is 4.79 Å². The van der Waals surface area contributed by atoms with Gasteiger partial charge in [-0.15, -0.1) is 11.3 Å². The number of anilines is 1. The predicted molar refractivity (Wildman–Crippen MR) is 75.1 cm³/mol. The summed E-state index contributed by atoms with van der Waals surface area (Å²) in [5, 5.41) is 6.79. The van der Waals surface area contributed by atoms with Crippen molar-refractivity contribution in [3.8, 4) is 0 Å². The molecule has 0 unspecified atom stereocenters. The van der Waals surface area contributed by atoms with Gasteiger partial charge in [0.1, 0.15) is 5.69 Å². The van der Waals surface area contributed by atoms with E-state index in [4.69, 9.17) is 0 Å². The Hall–Kier alpha value is -1.21. The normalized spacial score (nSPS) is 10.9. The van der Waals surface area contributed by atoms with Gasteiger partial charge >= 0.3 is 0 Å². The minimum absolute atomic E-state index is 0.200. The van der Waals surface area contributed by atoms with E-state index in [1.807, 2.05) is 13.8 Å². The first kappa shape index (κ1) is 13.2. The second kappa shape index (κ2) is 5.19. The molecule has 7 heteroatoms. The summed E-state index contributed by atoms with van der Waals surface area (Å²) in [5.74, 6) is 0.0668. The van der Waals surface area contributed by atoms with Crippen LogP contribution in [-0.2, 0) is 7.05 Å². The minimum Gasteiger partial charge on any atom is -0.318 e. The Morgan fingerprint density at radius 1 is 1.56 bits per heavy atom. The number of thiazole rings is 1. The van der Waals surface area contributed by atoms with Gasteiger partial charge in [-0.05, 0) is 21.8 Å². The molecular formula is C11H13BrN4OS. The first-order chi connectivity index (χ1) is 8.47. The molecular weight excluding hydrogens is 316 g/mol. The highest BCUT2D eigenvalue weighted by atomic mass is 79.9. The van der Waals surface area contributed by atoms with Crippen LogP contribution in [0.25, 0.3) is 0 Å². The van der Waals surface area contributed by atoms with Crippen molar-refractivity contribution in [2.24, 2.45) is 7.05 Å². The summed E-state index contributed by atoms with van der Waals surface area (Å²) in [4.78, 5) is 17.3. The lowest BCUT2D eigenvalue weighted by molar-refractivity contribution is 0.102. The van der Waals surface area contributed by atoms with Crippen molar-refractivity contribution in [3.05, 3.63) is 26.9 Å². The van der Waals surface area contributed by atoms with Gasteiger partial charge in [0.15, 0.2) is 3.92 Å². The van der Waals surface area contributed by atoms with Gasteiger partial charge in [-0.1, -0.05) is 13.8 Å². The topological polar surface area (TPSA) is 59.8 Å². The Labute approximate surface area is 117 Å². The third-order valence-corrected chi connectivity index (χ3v) is 4.14. The van der Waals surface area contributed by atoms with Gasteiger partial charge in [0.25, 0.3) is 5.91 Å². The number of aryl methyl sites for hydroxylation is 1. The Bertz CT molecular complexity index is 575. The molecule has 2 aromatic rings. The molecule has 0 fully saturated rings. The Balaban J connectivity index is 2.23. The molecule has 0 radical (unpaired) electrons. The molecule has 5 nitrogen and oxygen atoms in total. The third-order valence-electron chi connectivity index (χ3n) is 2.33. The fourth-order valence-electron chi connectivity index (χ4n) is 1.53. The number of hydrogen-bond acceptors (Lipinski definition) is 4. The lowest BCUT2D eigenvalue weighted by Gasteiger charge is -2.04. The summed E-state index contributed by atoms with van der Waals surface area (Å²) in [7, 11) is 1.80. The lowest BCUT2D eigenvalue weighted by atomic mass is 10.1. The van der Waals surface area contributed by atoms with E-state index in [2.05, 4.69) is 31.3 Å². The zero-order valence-corrected chi connectivity index (χ0v) is 12.7. The van der Waals surface area contributed by atoms with Crippen LogP contribution in [-0.4, -0.2) is 20.7 Å². The summed E-state index contributed by atoms with van der Waals surface area (Å²) in [6, 6.07) is 0. The van der Waals surface area contributed by atoms with Crippen LogP contribution in [0.15, 0.2) is 16.3 Å². The molecule has 96 valence electrons. The van der Waals surface area contributed by atoms with Gasteiger partial charge in [0.05, 0.1) is 11.9 Å². The van der Waals surface area contributed by atoms with Crippen molar-refractivity contribution in [2.45, 2.75) is 19.8 Å². The van der Waals surface area contributed by atoms with E-state index in [0.29, 0.717) is 11.4 Å². The van der Waals surface area contributed by atoms with E-state index in [0.717, 1.165) is 8.79 Å². The van der Waals surface area contributed by atoms with E-state index in [1.54, 1.807) is 24.1 Å². The fourth-order valence-corrected chi connectivity index (χ4v) is 3.02. The van der Waals surface area contributed by atoms with E-state index >= 15 is 0 Å². The molecule has 0 saturated carbocycles. The first-order valence-electron chi connectivity index (χ1n) is 5.43. The highest BCUT2D eigenvalue weighted by Crippen LogP contribution is 2.30. The summed E-state index contributed by atoms with van der Waals surface area (Å²) in [5.41, 5.74) is 1.15. The van der Waals surface area contributed by atoms with Gasteiger partial charge in [-0.25, -0.2) is 4.98 Å². The summed E-state index contributed by atoms with van der Waals surface area (Å²) >= 11 is 4.81. The van der Waals surface area contributed by atoms with Crippen LogP contribution in [0.4, 0.5) is 5.69 Å². The minimum atomic E-state index is -0.200. The molecule has 0 aromatic carbocycles. The molecule has 0 bridgehead atoms. The van der Waals surface area contributed by atoms with Crippen molar-refractivity contribution in [2.75, 3.05) is 5.32 Å². The van der Waals surface area contributed by atoms with Crippen LogP contribution >= 0.6 is 27.3 Å². The molecule has 2 rings (SSSR count). The zero-order chi connectivity index (χ0) is 13.3. The summed E-state index contributed by atoms with van der Waals surface area (Å²) in [6.45, 7) is 4.08. The zero-order valence-electron chi connectivity index (χ0n) is 10.3. The van der Waals surface area contributed by atoms with E-state index < -0.39 is 0 Å². The monoisotopic (exact) mass is 328 g/mol. The van der Waals surface area contributed by atoms with Crippen molar-refractivity contribution < 1.29 is 4.79 Å². The number of aromatic nitrogens is 3. The second-order valence-corrected chi connectivity index (χ2v) is 6.50. The summed E-state index contributed by atoms with van der Waals surface area (Å²) in [6.07, 6.45) is 3.35. The second-order valence-electron chi connectivity index (χ2n) is 4.19. The quantitative estimate of drug-likeness (QED) is 0.942. The Morgan fingerprint density at radius 3 is 2.83 bits per heavy atom. The number of rotatable bonds is 3. The maximum absolute atomic E-state index is 12.1. The fraction of sp³-hybridized carbons (Fsp3) is 0.364. The third kappa shape index (κ3) is 2.78. The van der Waals surface area contributed by atoms with Crippen molar-refractivity contribution in [1.29, 1.82) is 0 Å². The van der Waals surface area contributed by atoms with Crippen molar-refractivity contribution in [1.82, 2.24) is 14.8 Å².